The number of hydrogen-bond acceptors (Lipinski definition) is 3. The normalized spacial score (nSPS) is 17.8. The van der Waals surface area contributed by atoms with Crippen molar-refractivity contribution in [2.24, 2.45) is 0 Å². The van der Waals surface area contributed by atoms with Crippen LogP contribution in [-0.2, 0) is 11.3 Å². The number of nitrogens with zero attached hydrogens (tertiary/aromatic N) is 2. The Kier molecular flexibility index (Phi) is 3.98. The number of carbonyl (C=O) groups is 1. The molecule has 0 spiro atoms. The van der Waals surface area contributed by atoms with E-state index in [2.05, 4.69) is 11.0 Å². The van der Waals surface area contributed by atoms with E-state index in [0.29, 0.717) is 0 Å². The number of carbonyl (C=O) groups excluding carboxylic acids is 1. The number of hydrogen-bond donors (Lipinski definition) is 1. The number of nitrogens with two attached hydrogens (primary N) is 1. The molecule has 4 heteroatoms. The predicted octanol–water partition coefficient (Wildman–Crippen LogP) is 0.933. The third-order valence-corrected chi connectivity index (χ3v) is 3.13. The SMILES string of the molecule is Nc1cccc(CN2CCCN(C=O)CC2)c1. The number of nitrogen functional groups attached to an aromatic ring is 1. The maximum absolute atomic E-state index is 10.7. The standard InChI is InChI=1S/C13H19N3O/c14-13-4-1-3-12(9-13)10-15-5-2-6-16(11-17)8-7-15/h1,3-4,9,11H,2,5-8,10,14H2. The van der Waals surface area contributed by atoms with Crippen LogP contribution < -0.4 is 5.73 Å². The lowest BCUT2D eigenvalue weighted by Crippen LogP contribution is -2.29. The van der Waals surface area contributed by atoms with Gasteiger partial charge in [-0.2, -0.15) is 0 Å². The van der Waals surface area contributed by atoms with Crippen molar-refractivity contribution >= 4 is 12.1 Å². The van der Waals surface area contributed by atoms with Crippen LogP contribution in [0.3, 0.4) is 0 Å². The van der Waals surface area contributed by atoms with Gasteiger partial charge < -0.3 is 10.6 Å². The fourth-order valence-electron chi connectivity index (χ4n) is 2.20. The number of rotatable bonds is 3. The summed E-state index contributed by atoms with van der Waals surface area (Å²) in [6.45, 7) is 4.59. The van der Waals surface area contributed by atoms with Crippen LogP contribution in [0.2, 0.25) is 0 Å². The van der Waals surface area contributed by atoms with Gasteiger partial charge in [0.1, 0.15) is 0 Å². The largest absolute Gasteiger partial charge is 0.399 e. The van der Waals surface area contributed by atoms with E-state index in [4.69, 9.17) is 5.73 Å². The number of benzene rings is 1. The van der Waals surface area contributed by atoms with E-state index < -0.39 is 0 Å². The molecule has 0 aromatic heterocycles. The van der Waals surface area contributed by atoms with Crippen molar-refractivity contribution < 1.29 is 4.79 Å². The molecule has 0 atom stereocenters. The lowest BCUT2D eigenvalue weighted by molar-refractivity contribution is -0.118. The third kappa shape index (κ3) is 3.46. The predicted molar refractivity (Wildman–Crippen MR) is 68.4 cm³/mol. The Labute approximate surface area is 102 Å². The lowest BCUT2D eigenvalue weighted by atomic mass is 10.2. The van der Waals surface area contributed by atoms with Gasteiger partial charge >= 0.3 is 0 Å². The van der Waals surface area contributed by atoms with Gasteiger partial charge in [0.05, 0.1) is 0 Å². The van der Waals surface area contributed by atoms with Gasteiger partial charge in [-0.05, 0) is 24.1 Å². The molecule has 4 nitrogen and oxygen atoms in total. The molecular weight excluding hydrogens is 214 g/mol. The average molecular weight is 233 g/mol. The minimum Gasteiger partial charge on any atom is -0.399 e. The molecule has 1 aromatic carbocycles. The zero-order chi connectivity index (χ0) is 12.1. The minimum absolute atomic E-state index is 0.812. The second-order valence-corrected chi connectivity index (χ2v) is 4.52. The Morgan fingerprint density at radius 2 is 2.12 bits per heavy atom. The molecule has 17 heavy (non-hydrogen) atoms. The van der Waals surface area contributed by atoms with Crippen LogP contribution >= 0.6 is 0 Å². The average Bonchev–Trinajstić information content (AvgIpc) is 2.54. The van der Waals surface area contributed by atoms with E-state index in [1.807, 2.05) is 23.1 Å². The molecule has 1 aliphatic rings. The minimum atomic E-state index is 0.812. The fraction of sp³-hybridized carbons (Fsp3) is 0.462. The summed E-state index contributed by atoms with van der Waals surface area (Å²) in [5.74, 6) is 0. The highest BCUT2D eigenvalue weighted by Gasteiger charge is 2.13. The van der Waals surface area contributed by atoms with Crippen molar-refractivity contribution in [3.63, 3.8) is 0 Å². The molecule has 1 aliphatic heterocycles. The molecule has 1 heterocycles. The van der Waals surface area contributed by atoms with E-state index in [1.54, 1.807) is 0 Å². The number of amides is 1. The van der Waals surface area contributed by atoms with Gasteiger partial charge in [0.25, 0.3) is 0 Å². The van der Waals surface area contributed by atoms with Gasteiger partial charge in [-0.15, -0.1) is 0 Å². The molecule has 1 saturated heterocycles. The van der Waals surface area contributed by atoms with Crippen LogP contribution in [0, 0.1) is 0 Å². The summed E-state index contributed by atoms with van der Waals surface area (Å²) in [5, 5.41) is 0. The van der Waals surface area contributed by atoms with E-state index in [1.165, 1.54) is 5.56 Å². The summed E-state index contributed by atoms with van der Waals surface area (Å²) >= 11 is 0. The van der Waals surface area contributed by atoms with Crippen molar-refractivity contribution in [3.05, 3.63) is 29.8 Å². The van der Waals surface area contributed by atoms with Crippen LogP contribution in [0.15, 0.2) is 24.3 Å². The van der Waals surface area contributed by atoms with Gasteiger partial charge in [-0.3, -0.25) is 9.69 Å². The summed E-state index contributed by atoms with van der Waals surface area (Å²) in [7, 11) is 0. The molecule has 2 N–H and O–H groups in total. The smallest absolute Gasteiger partial charge is 0.209 e. The Hall–Kier alpha value is -1.55. The quantitative estimate of drug-likeness (QED) is 0.624. The van der Waals surface area contributed by atoms with Gasteiger partial charge in [0.2, 0.25) is 6.41 Å². The summed E-state index contributed by atoms with van der Waals surface area (Å²) in [5.41, 5.74) is 7.82. The third-order valence-electron chi connectivity index (χ3n) is 3.13. The molecule has 1 aromatic rings. The zero-order valence-electron chi connectivity index (χ0n) is 10.0. The molecule has 0 bridgehead atoms. The van der Waals surface area contributed by atoms with E-state index in [0.717, 1.165) is 51.2 Å². The molecule has 1 fully saturated rings. The highest BCUT2D eigenvalue weighted by Crippen LogP contribution is 2.11. The van der Waals surface area contributed by atoms with Crippen molar-refractivity contribution in [2.75, 3.05) is 31.9 Å². The Bertz CT molecular complexity index is 381. The first-order chi connectivity index (χ1) is 8.28. The van der Waals surface area contributed by atoms with Crippen molar-refractivity contribution in [2.45, 2.75) is 13.0 Å². The number of anilines is 1. The second-order valence-electron chi connectivity index (χ2n) is 4.52. The zero-order valence-corrected chi connectivity index (χ0v) is 10.0. The van der Waals surface area contributed by atoms with Crippen LogP contribution in [0.25, 0.3) is 0 Å². The summed E-state index contributed by atoms with van der Waals surface area (Å²) in [6.07, 6.45) is 1.99. The topological polar surface area (TPSA) is 49.6 Å². The van der Waals surface area contributed by atoms with Gasteiger partial charge in [-0.1, -0.05) is 12.1 Å². The second kappa shape index (κ2) is 5.68. The Balaban J connectivity index is 1.93. The van der Waals surface area contributed by atoms with Crippen molar-refractivity contribution in [1.82, 2.24) is 9.80 Å². The maximum atomic E-state index is 10.7. The molecule has 0 saturated carbocycles. The van der Waals surface area contributed by atoms with E-state index in [9.17, 15) is 4.79 Å². The van der Waals surface area contributed by atoms with Gasteiger partial charge in [0, 0.05) is 38.4 Å². The van der Waals surface area contributed by atoms with E-state index >= 15 is 0 Å². The lowest BCUT2D eigenvalue weighted by Gasteiger charge is -2.20. The van der Waals surface area contributed by atoms with Crippen LogP contribution in [0.4, 0.5) is 5.69 Å². The van der Waals surface area contributed by atoms with Crippen LogP contribution in [0.5, 0.6) is 0 Å². The summed E-state index contributed by atoms with van der Waals surface area (Å²) in [6, 6.07) is 8.00. The molecule has 2 rings (SSSR count). The summed E-state index contributed by atoms with van der Waals surface area (Å²) in [4.78, 5) is 14.9. The molecule has 92 valence electrons. The first-order valence-electron chi connectivity index (χ1n) is 6.04. The monoisotopic (exact) mass is 233 g/mol. The highest BCUT2D eigenvalue weighted by atomic mass is 16.1. The maximum Gasteiger partial charge on any atom is 0.209 e. The van der Waals surface area contributed by atoms with Gasteiger partial charge in [-0.25, -0.2) is 0 Å². The summed E-state index contributed by atoms with van der Waals surface area (Å²) < 4.78 is 0. The Morgan fingerprint density at radius 3 is 2.88 bits per heavy atom. The van der Waals surface area contributed by atoms with Crippen LogP contribution in [-0.4, -0.2) is 42.4 Å². The Morgan fingerprint density at radius 1 is 1.24 bits per heavy atom. The van der Waals surface area contributed by atoms with Crippen LogP contribution in [0.1, 0.15) is 12.0 Å². The first kappa shape index (κ1) is 11.9. The first-order valence-corrected chi connectivity index (χ1v) is 6.04. The molecule has 1 amide bonds. The molecule has 0 radical (unpaired) electrons. The molecular formula is C13H19N3O. The van der Waals surface area contributed by atoms with Gasteiger partial charge in [0.15, 0.2) is 0 Å². The fourth-order valence-corrected chi connectivity index (χ4v) is 2.20. The van der Waals surface area contributed by atoms with Crippen molar-refractivity contribution in [3.8, 4) is 0 Å². The highest BCUT2D eigenvalue weighted by molar-refractivity contribution is 5.47. The molecule has 0 aliphatic carbocycles. The van der Waals surface area contributed by atoms with E-state index in [-0.39, 0.29) is 0 Å². The molecule has 0 unspecified atom stereocenters. The van der Waals surface area contributed by atoms with Crippen molar-refractivity contribution in [1.29, 1.82) is 0 Å².